The van der Waals surface area contributed by atoms with Gasteiger partial charge in [-0.25, -0.2) is 0 Å². The van der Waals surface area contributed by atoms with Gasteiger partial charge >= 0.3 is 0 Å². The molecule has 0 aliphatic rings. The van der Waals surface area contributed by atoms with Gasteiger partial charge in [-0.3, -0.25) is 9.11 Å². The van der Waals surface area contributed by atoms with Crippen molar-refractivity contribution in [2.45, 2.75) is 9.79 Å². The summed E-state index contributed by atoms with van der Waals surface area (Å²) in [6, 6.07) is 7.40. The zero-order valence-corrected chi connectivity index (χ0v) is 13.8. The molecule has 0 bridgehead atoms. The molecule has 6 N–H and O–H groups in total. The molecule has 10 heteroatoms. The van der Waals surface area contributed by atoms with Crippen LogP contribution in [0.3, 0.4) is 0 Å². The molecule has 128 valence electrons. The molecule has 8 nitrogen and oxygen atoms in total. The number of rotatable bonds is 4. The molecule has 0 fully saturated rings. The molecule has 0 unspecified atom stereocenters. The van der Waals surface area contributed by atoms with E-state index in [2.05, 4.69) is 0 Å². The number of benzene rings is 2. The van der Waals surface area contributed by atoms with Crippen molar-refractivity contribution in [1.82, 2.24) is 0 Å². The molecular formula is C14H14N2O6S2. The summed E-state index contributed by atoms with van der Waals surface area (Å²) in [6.45, 7) is 0. The molecule has 0 aliphatic heterocycles. The van der Waals surface area contributed by atoms with Crippen LogP contribution in [0.1, 0.15) is 11.1 Å². The molecule has 0 saturated heterocycles. The van der Waals surface area contributed by atoms with Crippen molar-refractivity contribution in [2.24, 2.45) is 0 Å². The lowest BCUT2D eigenvalue weighted by Gasteiger charge is -2.05. The Morgan fingerprint density at radius 2 is 1.04 bits per heavy atom. The molecule has 2 aromatic carbocycles. The molecule has 0 spiro atoms. The monoisotopic (exact) mass is 370 g/mol. The van der Waals surface area contributed by atoms with Gasteiger partial charge in [-0.05, 0) is 35.4 Å². The second kappa shape index (κ2) is 6.24. The normalized spacial score (nSPS) is 12.6. The van der Waals surface area contributed by atoms with Gasteiger partial charge in [0.15, 0.2) is 0 Å². The lowest BCUT2D eigenvalue weighted by molar-refractivity contribution is 0.481. The zero-order chi connectivity index (χ0) is 18.1. The molecule has 0 amide bonds. The Balaban J connectivity index is 2.35. The van der Waals surface area contributed by atoms with Gasteiger partial charge in [0.1, 0.15) is 0 Å². The molecule has 0 heterocycles. The van der Waals surface area contributed by atoms with Crippen molar-refractivity contribution in [1.29, 1.82) is 0 Å². The van der Waals surface area contributed by atoms with Crippen LogP contribution in [0, 0.1) is 0 Å². The van der Waals surface area contributed by atoms with E-state index in [1.165, 1.54) is 24.3 Å². The van der Waals surface area contributed by atoms with Crippen LogP contribution in [0.2, 0.25) is 0 Å². The quantitative estimate of drug-likeness (QED) is 0.358. The first kappa shape index (κ1) is 17.9. The van der Waals surface area contributed by atoms with Crippen molar-refractivity contribution in [2.75, 3.05) is 11.5 Å². The van der Waals surface area contributed by atoms with E-state index >= 15 is 0 Å². The smallest absolute Gasteiger partial charge is 0.294 e. The van der Waals surface area contributed by atoms with E-state index < -0.39 is 20.2 Å². The van der Waals surface area contributed by atoms with Crippen LogP contribution in [-0.2, 0) is 20.2 Å². The van der Waals surface area contributed by atoms with E-state index in [-0.39, 0.29) is 21.2 Å². The minimum atomic E-state index is -4.34. The fraction of sp³-hybridized carbons (Fsp3) is 0. The van der Waals surface area contributed by atoms with Crippen molar-refractivity contribution >= 4 is 43.8 Å². The molecule has 0 saturated carbocycles. The Hall–Kier alpha value is -2.40. The fourth-order valence-electron chi connectivity index (χ4n) is 1.91. The lowest BCUT2D eigenvalue weighted by Crippen LogP contribution is -2.00. The third kappa shape index (κ3) is 4.11. The van der Waals surface area contributed by atoms with Crippen molar-refractivity contribution < 1.29 is 25.9 Å². The Bertz CT molecular complexity index is 944. The second-order valence-electron chi connectivity index (χ2n) is 4.86. The molecule has 0 aliphatic carbocycles. The summed E-state index contributed by atoms with van der Waals surface area (Å²) in [6.07, 6.45) is 3.09. The Kier molecular flexibility index (Phi) is 4.67. The predicted molar refractivity (Wildman–Crippen MR) is 90.3 cm³/mol. The van der Waals surface area contributed by atoms with Crippen LogP contribution in [0.4, 0.5) is 11.4 Å². The third-order valence-electron chi connectivity index (χ3n) is 3.15. The maximum atomic E-state index is 11.0. The van der Waals surface area contributed by atoms with Gasteiger partial charge in [0, 0.05) is 11.4 Å². The maximum absolute atomic E-state index is 11.0. The highest BCUT2D eigenvalue weighted by Gasteiger charge is 2.12. The first-order chi connectivity index (χ1) is 11.0. The zero-order valence-electron chi connectivity index (χ0n) is 12.1. The minimum absolute atomic E-state index is 0.120. The molecule has 0 aromatic heterocycles. The van der Waals surface area contributed by atoms with E-state index in [1.54, 1.807) is 12.2 Å². The van der Waals surface area contributed by atoms with Gasteiger partial charge in [0.05, 0.1) is 9.79 Å². The molecule has 24 heavy (non-hydrogen) atoms. The molecular weight excluding hydrogens is 356 g/mol. The Labute approximate surface area is 138 Å². The average molecular weight is 370 g/mol. The highest BCUT2D eigenvalue weighted by atomic mass is 32.2. The summed E-state index contributed by atoms with van der Waals surface area (Å²) in [5.74, 6) is 0. The van der Waals surface area contributed by atoms with Crippen LogP contribution in [-0.4, -0.2) is 25.9 Å². The van der Waals surface area contributed by atoms with Crippen molar-refractivity contribution in [3.05, 3.63) is 47.5 Å². The average Bonchev–Trinajstić information content (AvgIpc) is 2.45. The Morgan fingerprint density at radius 3 is 1.29 bits per heavy atom. The highest BCUT2D eigenvalue weighted by Crippen LogP contribution is 2.23. The van der Waals surface area contributed by atoms with Crippen LogP contribution in [0.15, 0.2) is 46.2 Å². The SMILES string of the molecule is Nc1cc(S(=O)(=O)O)ccc1C=Cc1ccc(S(=O)(=O)O)cc1N. The maximum Gasteiger partial charge on any atom is 0.294 e. The van der Waals surface area contributed by atoms with Gasteiger partial charge in [-0.15, -0.1) is 0 Å². The van der Waals surface area contributed by atoms with Crippen LogP contribution in [0.25, 0.3) is 12.2 Å². The molecule has 2 rings (SSSR count). The van der Waals surface area contributed by atoms with Gasteiger partial charge in [0.25, 0.3) is 20.2 Å². The largest absolute Gasteiger partial charge is 0.398 e. The van der Waals surface area contributed by atoms with Crippen LogP contribution >= 0.6 is 0 Å². The van der Waals surface area contributed by atoms with E-state index in [0.717, 1.165) is 12.1 Å². The first-order valence-corrected chi connectivity index (χ1v) is 9.28. The summed E-state index contributed by atoms with van der Waals surface area (Å²) >= 11 is 0. The van der Waals surface area contributed by atoms with Crippen molar-refractivity contribution in [3.63, 3.8) is 0 Å². The van der Waals surface area contributed by atoms with E-state index in [4.69, 9.17) is 20.6 Å². The first-order valence-electron chi connectivity index (χ1n) is 6.40. The standard InChI is InChI=1S/C14H14N2O6S2/c15-13-7-11(23(17,18)19)5-3-9(13)1-2-10-4-6-12(8-14(10)16)24(20,21)22/h1-8H,15-16H2,(H,17,18,19)(H,20,21,22). The number of hydrogen-bond donors (Lipinski definition) is 4. The second-order valence-corrected chi connectivity index (χ2v) is 7.71. The van der Waals surface area contributed by atoms with Gasteiger partial charge in [-0.1, -0.05) is 24.3 Å². The van der Waals surface area contributed by atoms with Crippen LogP contribution in [0.5, 0.6) is 0 Å². The summed E-state index contributed by atoms with van der Waals surface area (Å²) in [7, 11) is -8.68. The van der Waals surface area contributed by atoms with E-state index in [0.29, 0.717) is 11.1 Å². The van der Waals surface area contributed by atoms with Gasteiger partial charge in [0.2, 0.25) is 0 Å². The van der Waals surface area contributed by atoms with Crippen LogP contribution < -0.4 is 11.5 Å². The summed E-state index contributed by atoms with van der Waals surface area (Å²) in [4.78, 5) is -0.650. The molecule has 2 aromatic rings. The fourth-order valence-corrected chi connectivity index (χ4v) is 2.94. The number of hydrogen-bond acceptors (Lipinski definition) is 6. The molecule has 0 radical (unpaired) electrons. The van der Waals surface area contributed by atoms with Gasteiger partial charge < -0.3 is 11.5 Å². The highest BCUT2D eigenvalue weighted by molar-refractivity contribution is 7.86. The van der Waals surface area contributed by atoms with Gasteiger partial charge in [-0.2, -0.15) is 16.8 Å². The number of anilines is 2. The summed E-state index contributed by atoms with van der Waals surface area (Å²) in [5, 5.41) is 0. The number of nitrogens with two attached hydrogens (primary N) is 2. The molecule has 0 atom stereocenters. The summed E-state index contributed by atoms with van der Waals surface area (Å²) < 4.78 is 62.0. The minimum Gasteiger partial charge on any atom is -0.398 e. The predicted octanol–water partition coefficient (Wildman–Crippen LogP) is 1.51. The summed E-state index contributed by atoms with van der Waals surface area (Å²) in [5.41, 5.74) is 12.6. The van der Waals surface area contributed by atoms with Crippen molar-refractivity contribution in [3.8, 4) is 0 Å². The lowest BCUT2D eigenvalue weighted by atomic mass is 10.1. The van der Waals surface area contributed by atoms with E-state index in [9.17, 15) is 16.8 Å². The number of nitrogen functional groups attached to an aromatic ring is 2. The Morgan fingerprint density at radius 1 is 0.708 bits per heavy atom. The topological polar surface area (TPSA) is 161 Å². The van der Waals surface area contributed by atoms with E-state index in [1.807, 2.05) is 0 Å². The third-order valence-corrected chi connectivity index (χ3v) is 4.85.